The van der Waals surface area contributed by atoms with E-state index in [1.54, 1.807) is 24.3 Å². The quantitative estimate of drug-likeness (QED) is 0.441. The van der Waals surface area contributed by atoms with Crippen molar-refractivity contribution in [1.29, 1.82) is 5.26 Å². The van der Waals surface area contributed by atoms with E-state index in [-0.39, 0.29) is 10.6 Å². The third-order valence-corrected chi connectivity index (χ3v) is 6.00. The second-order valence-corrected chi connectivity index (χ2v) is 7.67. The maximum absolute atomic E-state index is 12.7. The summed E-state index contributed by atoms with van der Waals surface area (Å²) in [6.45, 7) is 0. The van der Waals surface area contributed by atoms with Crippen molar-refractivity contribution in [2.45, 2.75) is 11.3 Å². The minimum absolute atomic E-state index is 0.0211. The Hall–Kier alpha value is -3.37. The topological polar surface area (TPSA) is 104 Å². The number of allylic oxidation sites excluding steroid dienone is 1. The van der Waals surface area contributed by atoms with Crippen molar-refractivity contribution < 1.29 is 18.0 Å². The summed E-state index contributed by atoms with van der Waals surface area (Å²) in [4.78, 5) is -0.831. The van der Waals surface area contributed by atoms with E-state index >= 15 is 0 Å². The molecule has 0 unspecified atom stereocenters. The van der Waals surface area contributed by atoms with Crippen LogP contribution in [-0.2, 0) is 16.3 Å². The van der Waals surface area contributed by atoms with Gasteiger partial charge in [-0.15, -0.1) is 0 Å². The highest BCUT2D eigenvalue weighted by Gasteiger charge is 2.32. The number of benzene rings is 2. The molecule has 6 nitrogen and oxygen atoms in total. The molecular formula is C19H12N2O4S. The van der Waals surface area contributed by atoms with Gasteiger partial charge in [0.1, 0.15) is 6.07 Å². The molecule has 0 aliphatic heterocycles. The van der Waals surface area contributed by atoms with E-state index < -0.39 is 20.5 Å². The van der Waals surface area contributed by atoms with Crippen molar-refractivity contribution in [3.63, 3.8) is 0 Å². The maximum atomic E-state index is 12.7. The van der Waals surface area contributed by atoms with Crippen molar-refractivity contribution in [1.82, 2.24) is 5.16 Å². The summed E-state index contributed by atoms with van der Waals surface area (Å²) in [5.41, 5.74) is 2.38. The van der Waals surface area contributed by atoms with Crippen molar-refractivity contribution in [2.24, 2.45) is 0 Å². The van der Waals surface area contributed by atoms with Gasteiger partial charge < -0.3 is 9.63 Å². The molecule has 0 amide bonds. The molecule has 1 aliphatic carbocycles. The first kappa shape index (κ1) is 16.1. The normalized spacial score (nSPS) is 13.5. The number of nitrogens with zero attached hydrogens (tertiary/aromatic N) is 2. The van der Waals surface area contributed by atoms with Crippen LogP contribution >= 0.6 is 0 Å². The van der Waals surface area contributed by atoms with Gasteiger partial charge in [0.05, 0.1) is 4.90 Å². The average Bonchev–Trinajstić information content (AvgIpc) is 3.22. The van der Waals surface area contributed by atoms with Crippen LogP contribution in [0, 0.1) is 11.3 Å². The van der Waals surface area contributed by atoms with Gasteiger partial charge in [0, 0.05) is 17.5 Å². The number of aliphatic hydroxyl groups is 1. The lowest BCUT2D eigenvalue weighted by molar-refractivity contribution is 0.420. The summed E-state index contributed by atoms with van der Waals surface area (Å²) in [7, 11) is -4.17. The van der Waals surface area contributed by atoms with E-state index in [2.05, 4.69) is 5.16 Å². The van der Waals surface area contributed by atoms with Gasteiger partial charge in [-0.3, -0.25) is 0 Å². The molecule has 128 valence electrons. The summed E-state index contributed by atoms with van der Waals surface area (Å²) >= 11 is 0. The first-order valence-electron chi connectivity index (χ1n) is 7.74. The summed E-state index contributed by atoms with van der Waals surface area (Å²) in [5.74, 6) is -0.217. The number of hydrogen-bond acceptors (Lipinski definition) is 6. The molecule has 7 heteroatoms. The zero-order valence-electron chi connectivity index (χ0n) is 13.4. The molecule has 3 aromatic rings. The van der Waals surface area contributed by atoms with Crippen LogP contribution in [0.25, 0.3) is 17.1 Å². The second kappa shape index (κ2) is 5.86. The van der Waals surface area contributed by atoms with Crippen LogP contribution in [0.4, 0.5) is 0 Å². The van der Waals surface area contributed by atoms with E-state index in [9.17, 15) is 18.8 Å². The van der Waals surface area contributed by atoms with Gasteiger partial charge in [-0.05, 0) is 17.7 Å². The first-order valence-corrected chi connectivity index (χ1v) is 9.23. The van der Waals surface area contributed by atoms with E-state index in [4.69, 9.17) is 4.52 Å². The highest BCUT2D eigenvalue weighted by Crippen LogP contribution is 2.40. The summed E-state index contributed by atoms with van der Waals surface area (Å²) in [5, 5.41) is 23.8. The van der Waals surface area contributed by atoms with Crippen LogP contribution in [0.2, 0.25) is 0 Å². The molecule has 0 bridgehead atoms. The molecule has 0 saturated carbocycles. The Morgan fingerprint density at radius 2 is 1.81 bits per heavy atom. The Bertz CT molecular complexity index is 1190. The third-order valence-electron chi connectivity index (χ3n) is 4.28. The smallest absolute Gasteiger partial charge is 0.220 e. The molecule has 26 heavy (non-hydrogen) atoms. The Morgan fingerprint density at radius 3 is 2.54 bits per heavy atom. The number of nitriles is 1. The van der Waals surface area contributed by atoms with Crippen LogP contribution in [0.1, 0.15) is 16.8 Å². The fraction of sp³-hybridized carbons (Fsp3) is 0.0526. The van der Waals surface area contributed by atoms with Gasteiger partial charge >= 0.3 is 0 Å². The van der Waals surface area contributed by atoms with Gasteiger partial charge in [0.2, 0.25) is 9.84 Å². The molecule has 0 fully saturated rings. The molecule has 2 aromatic carbocycles. The number of rotatable bonds is 3. The Labute approximate surface area is 149 Å². The maximum Gasteiger partial charge on any atom is 0.220 e. The van der Waals surface area contributed by atoms with Crippen molar-refractivity contribution in [2.75, 3.05) is 0 Å². The van der Waals surface area contributed by atoms with Crippen molar-refractivity contribution in [3.05, 3.63) is 76.3 Å². The number of fused-ring (bicyclic) bond motifs is 3. The number of hydrogen-bond donors (Lipinski definition) is 1. The van der Waals surface area contributed by atoms with Crippen molar-refractivity contribution >= 4 is 15.6 Å². The standard InChI is InChI=1S/C19H12N2O4S/c20-11-16(26(23,24)13-7-2-1-3-8-13)18(22)17-15-10-12-6-4-5-9-14(12)19(15)25-21-17/h1-9,22H,10H2. The van der Waals surface area contributed by atoms with Crippen LogP contribution in [0.15, 0.2) is 68.9 Å². The molecule has 0 saturated heterocycles. The van der Waals surface area contributed by atoms with E-state index in [0.717, 1.165) is 11.1 Å². The highest BCUT2D eigenvalue weighted by molar-refractivity contribution is 7.95. The van der Waals surface area contributed by atoms with Gasteiger partial charge in [-0.2, -0.15) is 5.26 Å². The average molecular weight is 364 g/mol. The molecule has 1 aromatic heterocycles. The summed E-state index contributed by atoms with van der Waals surface area (Å²) in [6, 6.07) is 16.6. The van der Waals surface area contributed by atoms with Crippen LogP contribution in [0.3, 0.4) is 0 Å². The Balaban J connectivity index is 1.87. The van der Waals surface area contributed by atoms with Crippen LogP contribution in [-0.4, -0.2) is 18.7 Å². The summed E-state index contributed by atoms with van der Waals surface area (Å²) in [6.07, 6.45) is 0.443. The molecule has 1 N–H and O–H groups in total. The van der Waals surface area contributed by atoms with Crippen LogP contribution < -0.4 is 0 Å². The lowest BCUT2D eigenvalue weighted by Crippen LogP contribution is -2.07. The van der Waals surface area contributed by atoms with E-state index in [1.165, 1.54) is 12.1 Å². The van der Waals surface area contributed by atoms with Gasteiger partial charge in [-0.1, -0.05) is 47.6 Å². The number of sulfone groups is 1. The molecule has 1 heterocycles. The molecule has 4 rings (SSSR count). The fourth-order valence-corrected chi connectivity index (χ4v) is 4.25. The zero-order chi connectivity index (χ0) is 18.3. The Morgan fingerprint density at radius 1 is 1.12 bits per heavy atom. The molecule has 1 aliphatic rings. The zero-order valence-corrected chi connectivity index (χ0v) is 14.2. The Kier molecular flexibility index (Phi) is 3.63. The van der Waals surface area contributed by atoms with Crippen molar-refractivity contribution in [3.8, 4) is 17.4 Å². The lowest BCUT2D eigenvalue weighted by atomic mass is 10.1. The number of aromatic nitrogens is 1. The molecule has 0 radical (unpaired) electrons. The number of aliphatic hydroxyl groups excluding tert-OH is 1. The van der Waals surface area contributed by atoms with Gasteiger partial charge in [-0.25, -0.2) is 8.42 Å². The second-order valence-electron chi connectivity index (χ2n) is 5.78. The predicted octanol–water partition coefficient (Wildman–Crippen LogP) is 3.47. The minimum atomic E-state index is -4.17. The van der Waals surface area contributed by atoms with Gasteiger partial charge in [0.25, 0.3) is 0 Å². The van der Waals surface area contributed by atoms with E-state index in [1.807, 2.05) is 24.3 Å². The van der Waals surface area contributed by atoms with Crippen LogP contribution in [0.5, 0.6) is 0 Å². The lowest BCUT2D eigenvalue weighted by Gasteiger charge is -2.05. The molecular weight excluding hydrogens is 352 g/mol. The van der Waals surface area contributed by atoms with Gasteiger partial charge in [0.15, 0.2) is 22.1 Å². The SMILES string of the molecule is N#CC(=C(O)c1noc2c1Cc1ccccc1-2)S(=O)(=O)c1ccccc1. The fourth-order valence-electron chi connectivity index (χ4n) is 3.02. The third kappa shape index (κ3) is 2.31. The molecule has 0 atom stereocenters. The van der Waals surface area contributed by atoms with E-state index in [0.29, 0.717) is 17.7 Å². The minimum Gasteiger partial charge on any atom is -0.504 e. The summed E-state index contributed by atoms with van der Waals surface area (Å²) < 4.78 is 30.8. The first-order chi connectivity index (χ1) is 12.5. The predicted molar refractivity (Wildman–Crippen MR) is 93.5 cm³/mol. The molecule has 0 spiro atoms. The largest absolute Gasteiger partial charge is 0.504 e. The monoisotopic (exact) mass is 364 g/mol. The highest BCUT2D eigenvalue weighted by atomic mass is 32.2.